The predicted octanol–water partition coefficient (Wildman–Crippen LogP) is 3.38. The molecule has 14 heavy (non-hydrogen) atoms. The summed E-state index contributed by atoms with van der Waals surface area (Å²) in [5.41, 5.74) is 4.48. The van der Waals surface area contributed by atoms with Gasteiger partial charge in [0.2, 0.25) is 0 Å². The number of hydrogen-bond acceptors (Lipinski definition) is 1. The summed E-state index contributed by atoms with van der Waals surface area (Å²) < 4.78 is 0. The standard InChI is InChI=1S/C13H19N/c1-9-5-6-10-8-12(13(2,3)4)14-11(10)7-9/h5-7,12,14H,8H2,1-4H3. The van der Waals surface area contributed by atoms with Gasteiger partial charge >= 0.3 is 0 Å². The molecule has 0 saturated heterocycles. The number of anilines is 1. The number of aryl methyl sites for hydroxylation is 1. The highest BCUT2D eigenvalue weighted by Gasteiger charge is 2.30. The first kappa shape index (κ1) is 9.57. The van der Waals surface area contributed by atoms with E-state index in [4.69, 9.17) is 0 Å². The molecule has 1 aliphatic heterocycles. The molecule has 1 atom stereocenters. The SMILES string of the molecule is Cc1ccc2c(c1)NC(C(C)(C)C)C2. The summed E-state index contributed by atoms with van der Waals surface area (Å²) in [5, 5.41) is 3.62. The number of nitrogens with one attached hydrogen (secondary N) is 1. The molecule has 1 aromatic carbocycles. The van der Waals surface area contributed by atoms with Gasteiger partial charge in [0.1, 0.15) is 0 Å². The summed E-state index contributed by atoms with van der Waals surface area (Å²) in [4.78, 5) is 0. The Kier molecular flexibility index (Phi) is 2.06. The molecule has 1 aliphatic rings. The van der Waals surface area contributed by atoms with Crippen LogP contribution in [0.4, 0.5) is 5.69 Å². The van der Waals surface area contributed by atoms with Crippen molar-refractivity contribution in [2.45, 2.75) is 40.2 Å². The van der Waals surface area contributed by atoms with Gasteiger partial charge in [-0.25, -0.2) is 0 Å². The molecule has 1 nitrogen and oxygen atoms in total. The van der Waals surface area contributed by atoms with Crippen molar-refractivity contribution < 1.29 is 0 Å². The van der Waals surface area contributed by atoms with Gasteiger partial charge in [0, 0.05) is 11.7 Å². The van der Waals surface area contributed by atoms with Gasteiger partial charge in [-0.1, -0.05) is 32.9 Å². The summed E-state index contributed by atoms with van der Waals surface area (Å²) in [7, 11) is 0. The third kappa shape index (κ3) is 1.63. The summed E-state index contributed by atoms with van der Waals surface area (Å²) in [6.07, 6.45) is 1.17. The van der Waals surface area contributed by atoms with E-state index in [0.29, 0.717) is 11.5 Å². The molecular weight excluding hydrogens is 170 g/mol. The van der Waals surface area contributed by atoms with Crippen LogP contribution in [0.2, 0.25) is 0 Å². The minimum Gasteiger partial charge on any atom is -0.381 e. The van der Waals surface area contributed by atoms with Crippen molar-refractivity contribution >= 4 is 5.69 Å². The Balaban J connectivity index is 2.26. The Labute approximate surface area is 86.5 Å². The first-order valence-corrected chi connectivity index (χ1v) is 5.33. The van der Waals surface area contributed by atoms with Gasteiger partial charge in [0.05, 0.1) is 0 Å². The highest BCUT2D eigenvalue weighted by molar-refractivity contribution is 5.58. The zero-order valence-corrected chi connectivity index (χ0v) is 9.52. The average Bonchev–Trinajstić information content (AvgIpc) is 2.45. The molecule has 0 aliphatic carbocycles. The fraction of sp³-hybridized carbons (Fsp3) is 0.538. The van der Waals surface area contributed by atoms with E-state index in [1.807, 2.05) is 0 Å². The lowest BCUT2D eigenvalue weighted by Crippen LogP contribution is -2.31. The van der Waals surface area contributed by atoms with Gasteiger partial charge in [-0.05, 0) is 36.0 Å². The molecular formula is C13H19N. The molecule has 0 amide bonds. The Morgan fingerprint density at radius 1 is 1.29 bits per heavy atom. The Morgan fingerprint density at radius 2 is 2.00 bits per heavy atom. The van der Waals surface area contributed by atoms with Crippen LogP contribution in [0.1, 0.15) is 31.9 Å². The molecule has 1 heteroatoms. The van der Waals surface area contributed by atoms with Gasteiger partial charge in [0.15, 0.2) is 0 Å². The van der Waals surface area contributed by atoms with E-state index in [1.165, 1.54) is 23.2 Å². The fourth-order valence-corrected chi connectivity index (χ4v) is 1.98. The molecule has 0 saturated carbocycles. The van der Waals surface area contributed by atoms with E-state index < -0.39 is 0 Å². The minimum atomic E-state index is 0.340. The van der Waals surface area contributed by atoms with Crippen LogP contribution in [0.15, 0.2) is 18.2 Å². The van der Waals surface area contributed by atoms with Gasteiger partial charge in [-0.15, -0.1) is 0 Å². The maximum absolute atomic E-state index is 3.62. The van der Waals surface area contributed by atoms with E-state index in [-0.39, 0.29) is 0 Å². The van der Waals surface area contributed by atoms with Crippen molar-refractivity contribution in [2.75, 3.05) is 5.32 Å². The van der Waals surface area contributed by atoms with E-state index in [2.05, 4.69) is 51.2 Å². The lowest BCUT2D eigenvalue weighted by Gasteiger charge is -2.27. The molecule has 0 aromatic heterocycles. The summed E-state index contributed by atoms with van der Waals surface area (Å²) in [6.45, 7) is 9.03. The maximum Gasteiger partial charge on any atom is 0.0378 e. The van der Waals surface area contributed by atoms with E-state index in [0.717, 1.165) is 0 Å². The third-order valence-corrected chi connectivity index (χ3v) is 3.06. The molecule has 1 aromatic rings. The second-order valence-corrected chi connectivity index (χ2v) is 5.43. The van der Waals surface area contributed by atoms with Gasteiger partial charge < -0.3 is 5.32 Å². The first-order chi connectivity index (χ1) is 6.47. The molecule has 0 spiro atoms. The zero-order valence-electron chi connectivity index (χ0n) is 9.52. The van der Waals surface area contributed by atoms with Crippen LogP contribution < -0.4 is 5.32 Å². The minimum absolute atomic E-state index is 0.340. The maximum atomic E-state index is 3.62. The Morgan fingerprint density at radius 3 is 2.64 bits per heavy atom. The molecule has 0 radical (unpaired) electrons. The molecule has 2 rings (SSSR count). The number of benzene rings is 1. The van der Waals surface area contributed by atoms with Crippen LogP contribution in [-0.2, 0) is 6.42 Å². The quantitative estimate of drug-likeness (QED) is 0.659. The van der Waals surface area contributed by atoms with Crippen molar-refractivity contribution in [3.8, 4) is 0 Å². The number of hydrogen-bond donors (Lipinski definition) is 1. The molecule has 0 fully saturated rings. The van der Waals surface area contributed by atoms with Gasteiger partial charge in [0.25, 0.3) is 0 Å². The Bertz CT molecular complexity index is 347. The average molecular weight is 189 g/mol. The molecule has 1 heterocycles. The van der Waals surface area contributed by atoms with Crippen molar-refractivity contribution in [2.24, 2.45) is 5.41 Å². The van der Waals surface area contributed by atoms with Crippen molar-refractivity contribution in [3.63, 3.8) is 0 Å². The molecule has 1 unspecified atom stereocenters. The third-order valence-electron chi connectivity index (χ3n) is 3.06. The van der Waals surface area contributed by atoms with Crippen molar-refractivity contribution in [1.82, 2.24) is 0 Å². The molecule has 76 valence electrons. The molecule has 1 N–H and O–H groups in total. The number of rotatable bonds is 0. The highest BCUT2D eigenvalue weighted by atomic mass is 15.0. The summed E-state index contributed by atoms with van der Waals surface area (Å²) in [6, 6.07) is 7.29. The largest absolute Gasteiger partial charge is 0.381 e. The Hall–Kier alpha value is -0.980. The normalized spacial score (nSPS) is 20.4. The van der Waals surface area contributed by atoms with E-state index in [1.54, 1.807) is 0 Å². The van der Waals surface area contributed by atoms with Crippen molar-refractivity contribution in [3.05, 3.63) is 29.3 Å². The molecule has 0 bridgehead atoms. The fourth-order valence-electron chi connectivity index (χ4n) is 1.98. The van der Waals surface area contributed by atoms with Crippen molar-refractivity contribution in [1.29, 1.82) is 0 Å². The second-order valence-electron chi connectivity index (χ2n) is 5.43. The lowest BCUT2D eigenvalue weighted by atomic mass is 9.85. The van der Waals surface area contributed by atoms with Crippen LogP contribution >= 0.6 is 0 Å². The van der Waals surface area contributed by atoms with Gasteiger partial charge in [-0.3, -0.25) is 0 Å². The van der Waals surface area contributed by atoms with E-state index >= 15 is 0 Å². The van der Waals surface area contributed by atoms with Gasteiger partial charge in [-0.2, -0.15) is 0 Å². The highest BCUT2D eigenvalue weighted by Crippen LogP contribution is 2.34. The van der Waals surface area contributed by atoms with E-state index in [9.17, 15) is 0 Å². The summed E-state index contributed by atoms with van der Waals surface area (Å²) >= 11 is 0. The van der Waals surface area contributed by atoms with Crippen LogP contribution in [0, 0.1) is 12.3 Å². The zero-order chi connectivity index (χ0) is 10.3. The van der Waals surface area contributed by atoms with Crippen LogP contribution in [-0.4, -0.2) is 6.04 Å². The monoisotopic (exact) mass is 189 g/mol. The van der Waals surface area contributed by atoms with Crippen LogP contribution in [0.25, 0.3) is 0 Å². The summed E-state index contributed by atoms with van der Waals surface area (Å²) in [5.74, 6) is 0. The smallest absolute Gasteiger partial charge is 0.0378 e. The first-order valence-electron chi connectivity index (χ1n) is 5.33. The topological polar surface area (TPSA) is 12.0 Å². The second kappa shape index (κ2) is 3.01. The van der Waals surface area contributed by atoms with Crippen LogP contribution in [0.5, 0.6) is 0 Å². The number of fused-ring (bicyclic) bond motifs is 1. The predicted molar refractivity (Wildman–Crippen MR) is 61.7 cm³/mol. The van der Waals surface area contributed by atoms with Crippen LogP contribution in [0.3, 0.4) is 0 Å². The lowest BCUT2D eigenvalue weighted by molar-refractivity contribution is 0.347.